The van der Waals surface area contributed by atoms with Crippen LogP contribution in [0, 0.1) is 5.92 Å². The molecule has 3 amide bonds. The summed E-state index contributed by atoms with van der Waals surface area (Å²) in [5, 5.41) is 2.45. The van der Waals surface area contributed by atoms with E-state index < -0.39 is 0 Å². The average molecular weight is 460 g/mol. The Bertz CT molecular complexity index is 549. The smallest absolute Gasteiger partial charge is 0.242 e. The van der Waals surface area contributed by atoms with Gasteiger partial charge in [-0.1, -0.05) is 27.2 Å². The zero-order valence-corrected chi connectivity index (χ0v) is 20.5. The first-order valence-electron chi connectivity index (χ1n) is 11.4. The number of hydrogen-bond donors (Lipinski definition) is 1. The van der Waals surface area contributed by atoms with E-state index in [4.69, 9.17) is 9.47 Å². The molecule has 0 aliphatic carbocycles. The van der Waals surface area contributed by atoms with Crippen LogP contribution in [-0.2, 0) is 23.9 Å². The number of thioether (sulfide) groups is 1. The Morgan fingerprint density at radius 1 is 1.19 bits per heavy atom. The van der Waals surface area contributed by atoms with Crippen LogP contribution in [0.5, 0.6) is 0 Å². The highest BCUT2D eigenvalue weighted by molar-refractivity contribution is 8.00. The van der Waals surface area contributed by atoms with Crippen molar-refractivity contribution in [3.05, 3.63) is 0 Å². The molecule has 0 aromatic heterocycles. The van der Waals surface area contributed by atoms with E-state index in [1.165, 1.54) is 23.1 Å². The third kappa shape index (κ3) is 11.3. The van der Waals surface area contributed by atoms with Crippen LogP contribution in [0.15, 0.2) is 0 Å². The predicted octanol–water partition coefficient (Wildman–Crippen LogP) is 1.77. The van der Waals surface area contributed by atoms with Crippen LogP contribution in [0.25, 0.3) is 0 Å². The van der Waals surface area contributed by atoms with Gasteiger partial charge in [0.05, 0.1) is 31.7 Å². The molecule has 1 N–H and O–H groups in total. The summed E-state index contributed by atoms with van der Waals surface area (Å²) in [6, 6.07) is 0. The van der Waals surface area contributed by atoms with Gasteiger partial charge in [0.2, 0.25) is 17.7 Å². The number of carbonyl (C=O) groups excluding carboxylic acids is 3. The Morgan fingerprint density at radius 3 is 2.52 bits per heavy atom. The molecular weight excluding hydrogens is 418 g/mol. The highest BCUT2D eigenvalue weighted by atomic mass is 32.2. The normalized spacial score (nSPS) is 17.6. The summed E-state index contributed by atoms with van der Waals surface area (Å²) in [4.78, 5) is 39.4. The van der Waals surface area contributed by atoms with Gasteiger partial charge in [-0.05, 0) is 25.1 Å². The highest BCUT2D eigenvalue weighted by Gasteiger charge is 2.37. The van der Waals surface area contributed by atoms with Crippen LogP contribution in [0.4, 0.5) is 0 Å². The maximum atomic E-state index is 12.0. The van der Waals surface area contributed by atoms with Gasteiger partial charge in [-0.2, -0.15) is 11.8 Å². The quantitative estimate of drug-likeness (QED) is 0.247. The van der Waals surface area contributed by atoms with Crippen molar-refractivity contribution in [3.8, 4) is 0 Å². The minimum absolute atomic E-state index is 0.118. The van der Waals surface area contributed by atoms with Gasteiger partial charge in [0, 0.05) is 39.0 Å². The molecule has 0 spiro atoms. The fourth-order valence-corrected chi connectivity index (χ4v) is 3.97. The van der Waals surface area contributed by atoms with Crippen LogP contribution in [0.1, 0.15) is 46.5 Å². The molecule has 1 aliphatic rings. The fraction of sp³-hybridized carbons (Fsp3) is 0.864. The lowest BCUT2D eigenvalue weighted by Gasteiger charge is -2.24. The summed E-state index contributed by atoms with van der Waals surface area (Å²) in [5.41, 5.74) is 0. The second-order valence-electron chi connectivity index (χ2n) is 7.95. The lowest BCUT2D eigenvalue weighted by atomic mass is 10.1. The standard InChI is InChI=1S/C22H41N3O5S/c1-5-9-24(17-18(3)6-2)11-13-30-15-14-29-12-8-23-20(26)7-10-25-21(27)16-19(31-4)22(25)28/h18-19H,5-17H2,1-4H3,(H,23,26). The first kappa shape index (κ1) is 27.9. The zero-order valence-electron chi connectivity index (χ0n) is 19.7. The lowest BCUT2D eigenvalue weighted by molar-refractivity contribution is -0.138. The molecule has 2 atom stereocenters. The molecule has 180 valence electrons. The molecule has 0 saturated carbocycles. The van der Waals surface area contributed by atoms with Crippen molar-refractivity contribution in [2.75, 3.05) is 65.4 Å². The van der Waals surface area contributed by atoms with E-state index in [0.717, 1.165) is 26.1 Å². The first-order chi connectivity index (χ1) is 14.9. The van der Waals surface area contributed by atoms with E-state index in [0.29, 0.717) is 38.9 Å². The van der Waals surface area contributed by atoms with E-state index in [-0.39, 0.29) is 42.4 Å². The van der Waals surface area contributed by atoms with Gasteiger partial charge in [-0.25, -0.2) is 0 Å². The van der Waals surface area contributed by atoms with E-state index in [2.05, 4.69) is 31.0 Å². The van der Waals surface area contributed by atoms with E-state index in [1.807, 2.05) is 6.26 Å². The summed E-state index contributed by atoms with van der Waals surface area (Å²) >= 11 is 1.37. The molecule has 9 heteroatoms. The molecule has 2 unspecified atom stereocenters. The van der Waals surface area contributed by atoms with Gasteiger partial charge in [0.25, 0.3) is 0 Å². The Balaban J connectivity index is 2.01. The van der Waals surface area contributed by atoms with Gasteiger partial charge < -0.3 is 19.7 Å². The predicted molar refractivity (Wildman–Crippen MR) is 124 cm³/mol. The van der Waals surface area contributed by atoms with Gasteiger partial charge in [0.15, 0.2) is 0 Å². The van der Waals surface area contributed by atoms with Crippen molar-refractivity contribution in [1.29, 1.82) is 0 Å². The van der Waals surface area contributed by atoms with E-state index in [1.54, 1.807) is 0 Å². The van der Waals surface area contributed by atoms with Crippen LogP contribution >= 0.6 is 11.8 Å². The van der Waals surface area contributed by atoms with Crippen LogP contribution < -0.4 is 5.32 Å². The number of ether oxygens (including phenoxy) is 2. The molecule has 1 heterocycles. The second-order valence-corrected chi connectivity index (χ2v) is 8.99. The van der Waals surface area contributed by atoms with Crippen molar-refractivity contribution in [2.45, 2.75) is 51.7 Å². The zero-order chi connectivity index (χ0) is 23.1. The number of amides is 3. The largest absolute Gasteiger partial charge is 0.378 e. The van der Waals surface area contributed by atoms with E-state index >= 15 is 0 Å². The monoisotopic (exact) mass is 459 g/mol. The minimum atomic E-state index is -0.305. The number of nitrogens with zero attached hydrogens (tertiary/aromatic N) is 2. The molecule has 1 rings (SSSR count). The van der Waals surface area contributed by atoms with Gasteiger partial charge >= 0.3 is 0 Å². The molecule has 8 nitrogen and oxygen atoms in total. The topological polar surface area (TPSA) is 88.2 Å². The number of rotatable bonds is 18. The summed E-state index contributed by atoms with van der Waals surface area (Å²) in [5.74, 6) is 0.128. The van der Waals surface area contributed by atoms with Crippen molar-refractivity contribution < 1.29 is 23.9 Å². The van der Waals surface area contributed by atoms with Crippen molar-refractivity contribution in [3.63, 3.8) is 0 Å². The van der Waals surface area contributed by atoms with Crippen molar-refractivity contribution in [1.82, 2.24) is 15.1 Å². The van der Waals surface area contributed by atoms with Crippen molar-refractivity contribution >= 4 is 29.5 Å². The first-order valence-corrected chi connectivity index (χ1v) is 12.7. The summed E-state index contributed by atoms with van der Waals surface area (Å²) in [6.45, 7) is 12.5. The summed E-state index contributed by atoms with van der Waals surface area (Å²) in [6.07, 6.45) is 4.50. The third-order valence-electron chi connectivity index (χ3n) is 5.35. The van der Waals surface area contributed by atoms with Gasteiger partial charge in [-0.3, -0.25) is 19.3 Å². The highest BCUT2D eigenvalue weighted by Crippen LogP contribution is 2.22. The maximum Gasteiger partial charge on any atom is 0.242 e. The van der Waals surface area contributed by atoms with Gasteiger partial charge in [-0.15, -0.1) is 0 Å². The molecule has 1 saturated heterocycles. The molecular formula is C22H41N3O5S. The molecule has 0 aromatic carbocycles. The average Bonchev–Trinajstić information content (AvgIpc) is 3.03. The number of hydrogen-bond acceptors (Lipinski definition) is 7. The fourth-order valence-electron chi connectivity index (χ4n) is 3.33. The molecule has 31 heavy (non-hydrogen) atoms. The number of carbonyl (C=O) groups is 3. The molecule has 1 fully saturated rings. The third-order valence-corrected chi connectivity index (χ3v) is 6.29. The Morgan fingerprint density at radius 2 is 1.90 bits per heavy atom. The molecule has 0 bridgehead atoms. The van der Waals surface area contributed by atoms with E-state index in [9.17, 15) is 14.4 Å². The van der Waals surface area contributed by atoms with Gasteiger partial charge in [0.1, 0.15) is 0 Å². The Kier molecular flexibility index (Phi) is 14.8. The SMILES string of the molecule is CCCN(CCOCCOCCNC(=O)CCN1C(=O)CC(SC)C1=O)CC(C)CC. The number of nitrogens with one attached hydrogen (secondary N) is 1. The maximum absolute atomic E-state index is 12.0. The Hall–Kier alpha value is -1.16. The Labute approximate surface area is 191 Å². The summed E-state index contributed by atoms with van der Waals surface area (Å²) < 4.78 is 11.1. The second kappa shape index (κ2) is 16.5. The molecule has 0 radical (unpaired) electrons. The lowest BCUT2D eigenvalue weighted by Crippen LogP contribution is -2.36. The number of likely N-dealkylation sites (tertiary alicyclic amines) is 1. The van der Waals surface area contributed by atoms with Crippen LogP contribution in [0.3, 0.4) is 0 Å². The minimum Gasteiger partial charge on any atom is -0.378 e. The van der Waals surface area contributed by atoms with Crippen molar-refractivity contribution in [2.24, 2.45) is 5.92 Å². The van der Waals surface area contributed by atoms with Crippen LogP contribution in [-0.4, -0.2) is 98.2 Å². The van der Waals surface area contributed by atoms with Crippen LogP contribution in [0.2, 0.25) is 0 Å². The number of imide groups is 1. The molecule has 0 aromatic rings. The molecule has 1 aliphatic heterocycles. The summed E-state index contributed by atoms with van der Waals surface area (Å²) in [7, 11) is 0.